The maximum Gasteiger partial charge on any atom is 0.270 e. The van der Waals surface area contributed by atoms with Gasteiger partial charge in [-0.25, -0.2) is 0 Å². The molecule has 1 aromatic heterocycles. The molecule has 27 heavy (non-hydrogen) atoms. The van der Waals surface area contributed by atoms with Crippen molar-refractivity contribution in [3.05, 3.63) is 63.6 Å². The molecule has 2 aliphatic heterocycles. The van der Waals surface area contributed by atoms with E-state index in [2.05, 4.69) is 17.2 Å². The van der Waals surface area contributed by atoms with Gasteiger partial charge in [-0.15, -0.1) is 0 Å². The predicted octanol–water partition coefficient (Wildman–Crippen LogP) is 2.59. The Morgan fingerprint density at radius 2 is 2.04 bits per heavy atom. The molecule has 0 aliphatic carbocycles. The Morgan fingerprint density at radius 1 is 1.26 bits per heavy atom. The Labute approximate surface area is 157 Å². The lowest BCUT2D eigenvalue weighted by atomic mass is 9.73. The number of likely N-dealkylation sites (tertiary alicyclic amines) is 1. The molecule has 0 saturated carbocycles. The van der Waals surface area contributed by atoms with Gasteiger partial charge in [0.1, 0.15) is 5.69 Å². The fourth-order valence-electron chi connectivity index (χ4n) is 4.67. The first-order valence-electron chi connectivity index (χ1n) is 9.40. The van der Waals surface area contributed by atoms with Gasteiger partial charge >= 0.3 is 0 Å². The standard InChI is InChI=1S/C21H23N3O3/c1-3-6-18-21(15-7-4-5-8-16(15)23-20(21)27)9-10-24(18)19(26)17-12-14(25)11-13(2)22-17/h4-5,7-8,11-12,18H,3,6,9-10H2,1-2H3,(H,22,25)(H,23,27)/t18-,21+/m0/s1. The van der Waals surface area contributed by atoms with Gasteiger partial charge in [-0.3, -0.25) is 14.4 Å². The van der Waals surface area contributed by atoms with E-state index in [1.807, 2.05) is 24.3 Å². The van der Waals surface area contributed by atoms with Crippen LogP contribution in [0, 0.1) is 6.92 Å². The van der Waals surface area contributed by atoms with Gasteiger partial charge in [0, 0.05) is 30.1 Å². The molecule has 6 nitrogen and oxygen atoms in total. The second-order valence-corrected chi connectivity index (χ2v) is 7.44. The molecule has 1 aromatic carbocycles. The highest BCUT2D eigenvalue weighted by Gasteiger charge is 2.58. The van der Waals surface area contributed by atoms with Crippen molar-refractivity contribution in [3.63, 3.8) is 0 Å². The number of H-pyrrole nitrogens is 1. The minimum Gasteiger partial charge on any atom is -0.354 e. The Bertz CT molecular complexity index is 981. The third kappa shape index (κ3) is 2.59. The molecule has 1 fully saturated rings. The van der Waals surface area contributed by atoms with Crippen LogP contribution >= 0.6 is 0 Å². The van der Waals surface area contributed by atoms with Gasteiger partial charge in [-0.1, -0.05) is 31.5 Å². The number of para-hydroxylation sites is 1. The zero-order valence-electron chi connectivity index (χ0n) is 15.5. The van der Waals surface area contributed by atoms with Crippen LogP contribution in [0.2, 0.25) is 0 Å². The number of aryl methyl sites for hydroxylation is 1. The molecule has 0 unspecified atom stereocenters. The van der Waals surface area contributed by atoms with Crippen LogP contribution in [0.4, 0.5) is 5.69 Å². The van der Waals surface area contributed by atoms with Gasteiger partial charge in [-0.2, -0.15) is 0 Å². The van der Waals surface area contributed by atoms with Crippen LogP contribution in [0.1, 0.15) is 47.9 Å². The highest BCUT2D eigenvalue weighted by molar-refractivity contribution is 6.08. The molecule has 3 heterocycles. The molecule has 2 atom stereocenters. The summed E-state index contributed by atoms with van der Waals surface area (Å²) >= 11 is 0. The largest absolute Gasteiger partial charge is 0.354 e. The van der Waals surface area contributed by atoms with Crippen molar-refractivity contribution in [1.82, 2.24) is 9.88 Å². The van der Waals surface area contributed by atoms with Crippen LogP contribution in [-0.4, -0.2) is 34.3 Å². The number of hydrogen-bond donors (Lipinski definition) is 2. The van der Waals surface area contributed by atoms with Crippen LogP contribution in [0.5, 0.6) is 0 Å². The summed E-state index contributed by atoms with van der Waals surface area (Å²) in [6.07, 6.45) is 2.17. The van der Waals surface area contributed by atoms with E-state index in [1.165, 1.54) is 12.1 Å². The van der Waals surface area contributed by atoms with E-state index in [1.54, 1.807) is 11.8 Å². The van der Waals surface area contributed by atoms with Crippen molar-refractivity contribution in [1.29, 1.82) is 0 Å². The number of aromatic nitrogens is 1. The molecule has 0 radical (unpaired) electrons. The molecule has 2 amide bonds. The highest BCUT2D eigenvalue weighted by Crippen LogP contribution is 2.49. The van der Waals surface area contributed by atoms with Crippen LogP contribution in [0.25, 0.3) is 0 Å². The van der Waals surface area contributed by atoms with Crippen molar-refractivity contribution >= 4 is 17.5 Å². The zero-order valence-corrected chi connectivity index (χ0v) is 15.5. The van der Waals surface area contributed by atoms with Gasteiger partial charge in [-0.05, 0) is 31.4 Å². The maximum absolute atomic E-state index is 13.2. The lowest BCUT2D eigenvalue weighted by Crippen LogP contribution is -2.49. The maximum atomic E-state index is 13.2. The second-order valence-electron chi connectivity index (χ2n) is 7.44. The number of hydrogen-bond acceptors (Lipinski definition) is 3. The van der Waals surface area contributed by atoms with E-state index in [9.17, 15) is 14.4 Å². The summed E-state index contributed by atoms with van der Waals surface area (Å²) in [4.78, 5) is 42.9. The number of aromatic amines is 1. The number of rotatable bonds is 3. The summed E-state index contributed by atoms with van der Waals surface area (Å²) in [7, 11) is 0. The van der Waals surface area contributed by atoms with E-state index in [-0.39, 0.29) is 29.0 Å². The first-order valence-corrected chi connectivity index (χ1v) is 9.40. The summed E-state index contributed by atoms with van der Waals surface area (Å²) in [6.45, 7) is 4.30. The van der Waals surface area contributed by atoms with Crippen LogP contribution in [0.3, 0.4) is 0 Å². The third-order valence-corrected chi connectivity index (χ3v) is 5.78. The molecular formula is C21H23N3O3. The Hall–Kier alpha value is -2.89. The lowest BCUT2D eigenvalue weighted by molar-refractivity contribution is -0.121. The monoisotopic (exact) mass is 365 g/mol. The van der Waals surface area contributed by atoms with Crippen LogP contribution in [-0.2, 0) is 10.2 Å². The molecular weight excluding hydrogens is 342 g/mol. The second kappa shape index (κ2) is 6.37. The Morgan fingerprint density at radius 3 is 2.78 bits per heavy atom. The van der Waals surface area contributed by atoms with Crippen molar-refractivity contribution in [3.8, 4) is 0 Å². The van der Waals surface area contributed by atoms with E-state index in [4.69, 9.17) is 0 Å². The molecule has 2 aromatic rings. The molecule has 0 bridgehead atoms. The number of carbonyl (C=O) groups is 2. The van der Waals surface area contributed by atoms with Gasteiger partial charge in [0.15, 0.2) is 5.43 Å². The molecule has 1 spiro atoms. The van der Waals surface area contributed by atoms with E-state index < -0.39 is 5.41 Å². The minimum atomic E-state index is -0.716. The average molecular weight is 365 g/mol. The molecule has 4 rings (SSSR count). The summed E-state index contributed by atoms with van der Waals surface area (Å²) in [5.41, 5.74) is 1.83. The molecule has 2 N–H and O–H groups in total. The number of benzene rings is 1. The molecule has 1 saturated heterocycles. The van der Waals surface area contributed by atoms with Crippen molar-refractivity contribution in [2.45, 2.75) is 44.6 Å². The average Bonchev–Trinajstić information content (AvgIpc) is 3.14. The van der Waals surface area contributed by atoms with E-state index in [0.717, 1.165) is 24.1 Å². The van der Waals surface area contributed by atoms with Gasteiger partial charge in [0.2, 0.25) is 5.91 Å². The number of pyridine rings is 1. The SMILES string of the molecule is CCC[C@@H]1N(C(=O)c2cc(=O)cc(C)[nH]2)CC[C@]12C(=O)Nc1ccccc12. The summed E-state index contributed by atoms with van der Waals surface area (Å²) in [5, 5.41) is 3.00. The van der Waals surface area contributed by atoms with Gasteiger partial charge in [0.05, 0.1) is 11.5 Å². The van der Waals surface area contributed by atoms with Gasteiger partial charge in [0.25, 0.3) is 5.91 Å². The lowest BCUT2D eigenvalue weighted by Gasteiger charge is -2.34. The van der Waals surface area contributed by atoms with E-state index in [0.29, 0.717) is 18.7 Å². The first-order chi connectivity index (χ1) is 13.0. The predicted molar refractivity (Wildman–Crippen MR) is 103 cm³/mol. The number of fused-ring (bicyclic) bond motifs is 2. The Balaban J connectivity index is 1.77. The summed E-state index contributed by atoms with van der Waals surface area (Å²) in [6, 6.07) is 10.3. The zero-order chi connectivity index (χ0) is 19.2. The number of amides is 2. The Kier molecular flexibility index (Phi) is 4.13. The topological polar surface area (TPSA) is 82.3 Å². The molecule has 2 aliphatic rings. The normalized spacial score (nSPS) is 23.6. The fraction of sp³-hybridized carbons (Fsp3) is 0.381. The summed E-state index contributed by atoms with van der Waals surface area (Å²) in [5.74, 6) is -0.251. The third-order valence-electron chi connectivity index (χ3n) is 5.78. The number of anilines is 1. The van der Waals surface area contributed by atoms with Crippen molar-refractivity contribution < 1.29 is 9.59 Å². The minimum absolute atomic E-state index is 0.0322. The number of nitrogens with one attached hydrogen (secondary N) is 2. The number of nitrogens with zero attached hydrogens (tertiary/aromatic N) is 1. The van der Waals surface area contributed by atoms with Crippen LogP contribution in [0.15, 0.2) is 41.2 Å². The van der Waals surface area contributed by atoms with Crippen molar-refractivity contribution in [2.24, 2.45) is 0 Å². The molecule has 140 valence electrons. The quantitative estimate of drug-likeness (QED) is 0.877. The van der Waals surface area contributed by atoms with E-state index >= 15 is 0 Å². The van der Waals surface area contributed by atoms with Gasteiger partial charge < -0.3 is 15.2 Å². The van der Waals surface area contributed by atoms with Crippen molar-refractivity contribution in [2.75, 3.05) is 11.9 Å². The summed E-state index contributed by atoms with van der Waals surface area (Å²) < 4.78 is 0. The first kappa shape index (κ1) is 17.5. The smallest absolute Gasteiger partial charge is 0.270 e. The highest BCUT2D eigenvalue weighted by atomic mass is 16.2. The van der Waals surface area contributed by atoms with Crippen LogP contribution < -0.4 is 10.7 Å². The number of carbonyl (C=O) groups excluding carboxylic acids is 2. The fourth-order valence-corrected chi connectivity index (χ4v) is 4.67. The molecule has 6 heteroatoms.